The lowest BCUT2D eigenvalue weighted by Crippen LogP contribution is -2.33. The zero-order chi connectivity index (χ0) is 14.5. The topological polar surface area (TPSA) is 58.6 Å². The molecule has 6 heteroatoms. The Kier molecular flexibility index (Phi) is 4.98. The summed E-state index contributed by atoms with van der Waals surface area (Å²) in [6, 6.07) is 7.17. The molecule has 2 rings (SSSR count). The second-order valence-corrected chi connectivity index (χ2v) is 5.22. The van der Waals surface area contributed by atoms with Crippen LogP contribution in [0.5, 0.6) is 0 Å². The Morgan fingerprint density at radius 1 is 1.45 bits per heavy atom. The molecule has 5 nitrogen and oxygen atoms in total. The Morgan fingerprint density at radius 2 is 2.15 bits per heavy atom. The molecule has 0 aromatic heterocycles. The van der Waals surface area contributed by atoms with Gasteiger partial charge in [-0.2, -0.15) is 0 Å². The number of nitrogens with one attached hydrogen (secondary N) is 1. The highest BCUT2D eigenvalue weighted by Gasteiger charge is 2.30. The number of halogens is 1. The van der Waals surface area contributed by atoms with E-state index in [0.29, 0.717) is 24.5 Å². The third-order valence-corrected chi connectivity index (χ3v) is 3.46. The van der Waals surface area contributed by atoms with Gasteiger partial charge in [0.15, 0.2) is 0 Å². The molecular weight excluding hydrogens is 280 g/mol. The van der Waals surface area contributed by atoms with Crippen molar-refractivity contribution in [1.82, 2.24) is 5.32 Å². The first-order valence-electron chi connectivity index (χ1n) is 6.41. The van der Waals surface area contributed by atoms with Crippen molar-refractivity contribution >= 4 is 29.1 Å². The normalized spacial score (nSPS) is 18.4. The number of nitrogens with zero attached hydrogens (tertiary/aromatic N) is 1. The molecule has 2 amide bonds. The SMILES string of the molecule is COCC(=O)NC[C@H]1CC(=O)N(c2ccc(Cl)cc2)C1. The van der Waals surface area contributed by atoms with Crippen LogP contribution in [0.1, 0.15) is 6.42 Å². The lowest BCUT2D eigenvalue weighted by atomic mass is 10.1. The predicted molar refractivity (Wildman–Crippen MR) is 76.8 cm³/mol. The van der Waals surface area contributed by atoms with Gasteiger partial charge in [-0.15, -0.1) is 0 Å². The standard InChI is InChI=1S/C14H17ClN2O3/c1-20-9-13(18)16-7-10-6-14(19)17(8-10)12-4-2-11(15)3-5-12/h2-5,10H,6-9H2,1H3,(H,16,18)/t10-/m1/s1. The van der Waals surface area contributed by atoms with E-state index < -0.39 is 0 Å². The van der Waals surface area contributed by atoms with E-state index in [4.69, 9.17) is 16.3 Å². The molecule has 1 aliphatic rings. The summed E-state index contributed by atoms with van der Waals surface area (Å²) in [6.45, 7) is 1.13. The van der Waals surface area contributed by atoms with E-state index in [9.17, 15) is 9.59 Å². The van der Waals surface area contributed by atoms with Crippen molar-refractivity contribution in [1.29, 1.82) is 0 Å². The quantitative estimate of drug-likeness (QED) is 0.895. The highest BCUT2D eigenvalue weighted by atomic mass is 35.5. The zero-order valence-electron chi connectivity index (χ0n) is 11.3. The molecule has 0 radical (unpaired) electrons. The molecule has 1 fully saturated rings. The minimum Gasteiger partial charge on any atom is -0.375 e. The first-order valence-corrected chi connectivity index (χ1v) is 6.79. The van der Waals surface area contributed by atoms with Crippen molar-refractivity contribution in [2.75, 3.05) is 31.7 Å². The number of carbonyl (C=O) groups is 2. The summed E-state index contributed by atoms with van der Waals surface area (Å²) in [4.78, 5) is 25.0. The van der Waals surface area contributed by atoms with Gasteiger partial charge in [-0.25, -0.2) is 0 Å². The molecule has 1 aromatic carbocycles. The van der Waals surface area contributed by atoms with Crippen molar-refractivity contribution in [2.24, 2.45) is 5.92 Å². The first kappa shape index (κ1) is 14.8. The van der Waals surface area contributed by atoms with Crippen molar-refractivity contribution in [3.63, 3.8) is 0 Å². The molecule has 1 saturated heterocycles. The van der Waals surface area contributed by atoms with Crippen LogP contribution in [0.4, 0.5) is 5.69 Å². The fraction of sp³-hybridized carbons (Fsp3) is 0.429. The third kappa shape index (κ3) is 3.71. The van der Waals surface area contributed by atoms with Crippen molar-refractivity contribution in [3.05, 3.63) is 29.3 Å². The summed E-state index contributed by atoms with van der Waals surface area (Å²) in [5.74, 6) is 0.0298. The van der Waals surface area contributed by atoms with Crippen molar-refractivity contribution < 1.29 is 14.3 Å². The number of rotatable bonds is 5. The van der Waals surface area contributed by atoms with Crippen LogP contribution in [0, 0.1) is 5.92 Å². The van der Waals surface area contributed by atoms with Crippen LogP contribution in [-0.4, -0.2) is 38.6 Å². The van der Waals surface area contributed by atoms with Crippen molar-refractivity contribution in [3.8, 4) is 0 Å². The fourth-order valence-corrected chi connectivity index (χ4v) is 2.36. The molecule has 1 heterocycles. The Labute approximate surface area is 122 Å². The number of methoxy groups -OCH3 is 1. The minimum atomic E-state index is -0.162. The molecule has 0 unspecified atom stereocenters. The maximum atomic E-state index is 12.0. The van der Waals surface area contributed by atoms with Crippen LogP contribution < -0.4 is 10.2 Å². The highest BCUT2D eigenvalue weighted by molar-refractivity contribution is 6.30. The van der Waals surface area contributed by atoms with E-state index in [1.54, 1.807) is 17.0 Å². The van der Waals surface area contributed by atoms with E-state index in [0.717, 1.165) is 5.69 Å². The smallest absolute Gasteiger partial charge is 0.245 e. The van der Waals surface area contributed by atoms with E-state index in [2.05, 4.69) is 5.32 Å². The first-order chi connectivity index (χ1) is 9.60. The number of anilines is 1. The molecule has 1 N–H and O–H groups in total. The largest absolute Gasteiger partial charge is 0.375 e. The number of ether oxygens (including phenoxy) is 1. The van der Waals surface area contributed by atoms with Crippen LogP contribution in [0.25, 0.3) is 0 Å². The van der Waals surface area contributed by atoms with E-state index in [1.807, 2.05) is 12.1 Å². The van der Waals surface area contributed by atoms with Gasteiger partial charge < -0.3 is 15.0 Å². The molecule has 20 heavy (non-hydrogen) atoms. The molecular formula is C14H17ClN2O3. The average Bonchev–Trinajstić information content (AvgIpc) is 2.79. The maximum absolute atomic E-state index is 12.0. The number of hydrogen-bond donors (Lipinski definition) is 1. The van der Waals surface area contributed by atoms with Crippen LogP contribution in [0.15, 0.2) is 24.3 Å². The number of benzene rings is 1. The summed E-state index contributed by atoms with van der Waals surface area (Å²) in [7, 11) is 1.47. The minimum absolute atomic E-state index is 0.0432. The van der Waals surface area contributed by atoms with E-state index in [1.165, 1.54) is 7.11 Å². The van der Waals surface area contributed by atoms with Gasteiger partial charge in [-0.1, -0.05) is 11.6 Å². The van der Waals surface area contributed by atoms with Gasteiger partial charge in [0.05, 0.1) is 0 Å². The van der Waals surface area contributed by atoms with Gasteiger partial charge in [0.1, 0.15) is 6.61 Å². The van der Waals surface area contributed by atoms with E-state index in [-0.39, 0.29) is 24.3 Å². The second kappa shape index (κ2) is 6.72. The zero-order valence-corrected chi connectivity index (χ0v) is 12.0. The van der Waals surface area contributed by atoms with Crippen molar-refractivity contribution in [2.45, 2.75) is 6.42 Å². The Bertz CT molecular complexity index is 490. The van der Waals surface area contributed by atoms with E-state index >= 15 is 0 Å². The maximum Gasteiger partial charge on any atom is 0.245 e. The molecule has 1 aromatic rings. The fourth-order valence-electron chi connectivity index (χ4n) is 2.23. The van der Waals surface area contributed by atoms with Crippen LogP contribution in [0.2, 0.25) is 5.02 Å². The molecule has 1 aliphatic heterocycles. The summed E-state index contributed by atoms with van der Waals surface area (Å²) >= 11 is 5.83. The summed E-state index contributed by atoms with van der Waals surface area (Å²) in [5.41, 5.74) is 0.838. The van der Waals surface area contributed by atoms with Crippen LogP contribution >= 0.6 is 11.6 Å². The number of hydrogen-bond acceptors (Lipinski definition) is 3. The van der Waals surface area contributed by atoms with Crippen LogP contribution in [-0.2, 0) is 14.3 Å². The lowest BCUT2D eigenvalue weighted by molar-refractivity contribution is -0.125. The van der Waals surface area contributed by atoms with Gasteiger partial charge in [-0.3, -0.25) is 9.59 Å². The summed E-state index contributed by atoms with van der Waals surface area (Å²) in [6.07, 6.45) is 0.440. The molecule has 0 spiro atoms. The third-order valence-electron chi connectivity index (χ3n) is 3.21. The molecule has 108 valence electrons. The monoisotopic (exact) mass is 296 g/mol. The average molecular weight is 297 g/mol. The highest BCUT2D eigenvalue weighted by Crippen LogP contribution is 2.25. The predicted octanol–water partition coefficient (Wildman–Crippen LogP) is 1.46. The molecule has 0 bridgehead atoms. The Morgan fingerprint density at radius 3 is 2.80 bits per heavy atom. The Balaban J connectivity index is 1.90. The number of amides is 2. The van der Waals surface area contributed by atoms with Gasteiger partial charge >= 0.3 is 0 Å². The Hall–Kier alpha value is -1.59. The molecule has 0 saturated carbocycles. The van der Waals surface area contributed by atoms with Gasteiger partial charge in [-0.05, 0) is 24.3 Å². The van der Waals surface area contributed by atoms with Gasteiger partial charge in [0.2, 0.25) is 11.8 Å². The van der Waals surface area contributed by atoms with Crippen LogP contribution in [0.3, 0.4) is 0 Å². The molecule has 1 atom stereocenters. The number of carbonyl (C=O) groups excluding carboxylic acids is 2. The van der Waals surface area contributed by atoms with Gasteiger partial charge in [0.25, 0.3) is 0 Å². The molecule has 0 aliphatic carbocycles. The van der Waals surface area contributed by atoms with Gasteiger partial charge in [0, 0.05) is 43.2 Å². The lowest BCUT2D eigenvalue weighted by Gasteiger charge is -2.17. The summed E-state index contributed by atoms with van der Waals surface area (Å²) in [5, 5.41) is 3.41. The second-order valence-electron chi connectivity index (χ2n) is 4.79. The summed E-state index contributed by atoms with van der Waals surface area (Å²) < 4.78 is 4.74.